The van der Waals surface area contributed by atoms with Crippen LogP contribution in [0.5, 0.6) is 0 Å². The zero-order valence-electron chi connectivity index (χ0n) is 15.3. The number of carbonyl (C=O) groups excluding carboxylic acids is 2. The van der Waals surface area contributed by atoms with E-state index in [0.717, 1.165) is 11.0 Å². The molecule has 2 bridgehead atoms. The van der Waals surface area contributed by atoms with Gasteiger partial charge in [0.1, 0.15) is 5.60 Å². The van der Waals surface area contributed by atoms with E-state index in [9.17, 15) is 22.8 Å². The summed E-state index contributed by atoms with van der Waals surface area (Å²) in [6, 6.07) is 4.32. The number of benzene rings is 1. The van der Waals surface area contributed by atoms with Crippen molar-refractivity contribution >= 4 is 17.5 Å². The van der Waals surface area contributed by atoms with Gasteiger partial charge in [0.15, 0.2) is 0 Å². The SMILES string of the molecule is CO[C@H]1C[C@@]2(C)O[C@]1(C)[C@H]1C(=O)N(c3ccc(C#N)c(C(F)(F)F)c3)C(=O)[C@@H]12. The number of imide groups is 1. The van der Waals surface area contributed by atoms with Crippen molar-refractivity contribution in [3.63, 3.8) is 0 Å². The number of hydrogen-bond acceptors (Lipinski definition) is 5. The lowest BCUT2D eigenvalue weighted by Crippen LogP contribution is -2.49. The highest BCUT2D eigenvalue weighted by Crippen LogP contribution is 2.61. The Bertz CT molecular complexity index is 940. The number of hydrogen-bond donors (Lipinski definition) is 0. The Hall–Kier alpha value is -2.44. The molecule has 3 aliphatic rings. The molecular weight excluding hydrogens is 377 g/mol. The summed E-state index contributed by atoms with van der Waals surface area (Å²) in [7, 11) is 1.49. The lowest BCUT2D eigenvalue weighted by molar-refractivity contribution is -0.138. The number of rotatable bonds is 2. The molecule has 0 N–H and O–H groups in total. The van der Waals surface area contributed by atoms with E-state index in [2.05, 4.69) is 0 Å². The van der Waals surface area contributed by atoms with Gasteiger partial charge in [-0.05, 0) is 32.0 Å². The molecular formula is C19H17F3N2O4. The van der Waals surface area contributed by atoms with Crippen molar-refractivity contribution in [2.75, 3.05) is 12.0 Å². The first-order valence-corrected chi connectivity index (χ1v) is 8.70. The van der Waals surface area contributed by atoms with Crippen LogP contribution in [-0.2, 0) is 25.2 Å². The third-order valence-electron chi connectivity index (χ3n) is 6.24. The van der Waals surface area contributed by atoms with Gasteiger partial charge in [-0.25, -0.2) is 4.90 Å². The fraction of sp³-hybridized carbons (Fsp3) is 0.526. The quantitative estimate of drug-likeness (QED) is 0.721. The predicted octanol–water partition coefficient (Wildman–Crippen LogP) is 2.65. The first-order valence-electron chi connectivity index (χ1n) is 8.70. The van der Waals surface area contributed by atoms with Crippen molar-refractivity contribution in [1.29, 1.82) is 5.26 Å². The smallest absolute Gasteiger partial charge is 0.378 e. The molecule has 148 valence electrons. The van der Waals surface area contributed by atoms with E-state index >= 15 is 0 Å². The van der Waals surface area contributed by atoms with Gasteiger partial charge in [-0.2, -0.15) is 18.4 Å². The number of nitriles is 1. The highest BCUT2D eigenvalue weighted by molar-refractivity contribution is 6.23. The number of alkyl halides is 3. The van der Waals surface area contributed by atoms with Crippen LogP contribution < -0.4 is 4.90 Å². The van der Waals surface area contributed by atoms with E-state index in [1.54, 1.807) is 13.8 Å². The van der Waals surface area contributed by atoms with Gasteiger partial charge >= 0.3 is 6.18 Å². The van der Waals surface area contributed by atoms with Crippen LogP contribution in [0.25, 0.3) is 0 Å². The van der Waals surface area contributed by atoms with Gasteiger partial charge in [0.2, 0.25) is 11.8 Å². The second-order valence-corrected chi connectivity index (χ2v) is 7.83. The summed E-state index contributed by atoms with van der Waals surface area (Å²) < 4.78 is 51.4. The minimum absolute atomic E-state index is 0.198. The molecule has 1 aromatic rings. The average Bonchev–Trinajstić information content (AvgIpc) is 3.14. The van der Waals surface area contributed by atoms with Crippen LogP contribution in [-0.4, -0.2) is 36.2 Å². The molecule has 3 fully saturated rings. The number of ether oxygens (including phenoxy) is 2. The zero-order valence-corrected chi connectivity index (χ0v) is 15.3. The monoisotopic (exact) mass is 394 g/mol. The number of halogens is 3. The normalized spacial score (nSPS) is 36.8. The van der Waals surface area contributed by atoms with Crippen LogP contribution in [0.15, 0.2) is 18.2 Å². The molecule has 9 heteroatoms. The maximum Gasteiger partial charge on any atom is 0.417 e. The van der Waals surface area contributed by atoms with E-state index in [-0.39, 0.29) is 5.69 Å². The standard InChI is InChI=1S/C19H17F3N2O4/c1-17-7-12(27-3)18(2,28-17)14-13(17)15(25)24(16(14)26)10-5-4-9(8-23)11(6-10)19(20,21)22/h4-6,12-14H,7H2,1-3H3/t12-,13+,14+,17+,18-/m0/s1. The fourth-order valence-electron chi connectivity index (χ4n) is 5.07. The molecule has 2 amide bonds. The molecule has 5 atom stereocenters. The van der Waals surface area contributed by atoms with Gasteiger partial charge in [-0.1, -0.05) is 0 Å². The van der Waals surface area contributed by atoms with E-state index in [1.165, 1.54) is 19.2 Å². The van der Waals surface area contributed by atoms with Crippen molar-refractivity contribution in [2.45, 2.75) is 43.8 Å². The Labute approximate surface area is 158 Å². The molecule has 6 nitrogen and oxygen atoms in total. The molecule has 3 saturated heterocycles. The molecule has 3 heterocycles. The number of nitrogens with zero attached hydrogens (tertiary/aromatic N) is 2. The highest BCUT2D eigenvalue weighted by atomic mass is 19.4. The van der Waals surface area contributed by atoms with Crippen molar-refractivity contribution in [1.82, 2.24) is 0 Å². The average molecular weight is 394 g/mol. The summed E-state index contributed by atoms with van der Waals surface area (Å²) in [6.07, 6.45) is -4.78. The van der Waals surface area contributed by atoms with Gasteiger partial charge in [-0.3, -0.25) is 9.59 Å². The number of carbonyl (C=O) groups is 2. The summed E-state index contributed by atoms with van der Waals surface area (Å²) in [5.74, 6) is -2.83. The minimum atomic E-state index is -4.79. The van der Waals surface area contributed by atoms with Crippen LogP contribution >= 0.6 is 0 Å². The molecule has 28 heavy (non-hydrogen) atoms. The van der Waals surface area contributed by atoms with Crippen molar-refractivity contribution < 1.29 is 32.2 Å². The van der Waals surface area contributed by atoms with Crippen LogP contribution in [0.2, 0.25) is 0 Å². The lowest BCUT2D eigenvalue weighted by atomic mass is 9.67. The largest absolute Gasteiger partial charge is 0.417 e. The molecule has 0 radical (unpaired) electrons. The van der Waals surface area contributed by atoms with Crippen LogP contribution in [0.4, 0.5) is 18.9 Å². The highest BCUT2D eigenvalue weighted by Gasteiger charge is 2.76. The summed E-state index contributed by atoms with van der Waals surface area (Å²) >= 11 is 0. The molecule has 4 rings (SSSR count). The Morgan fingerprint density at radius 1 is 1.25 bits per heavy atom. The Kier molecular flexibility index (Phi) is 3.75. The van der Waals surface area contributed by atoms with Gasteiger partial charge in [0, 0.05) is 13.5 Å². The first kappa shape index (κ1) is 18.9. The summed E-state index contributed by atoms with van der Waals surface area (Å²) in [5, 5.41) is 8.95. The number of anilines is 1. The fourth-order valence-corrected chi connectivity index (χ4v) is 5.07. The number of fused-ring (bicyclic) bond motifs is 5. The van der Waals surface area contributed by atoms with Crippen molar-refractivity contribution in [3.05, 3.63) is 29.3 Å². The molecule has 3 aliphatic heterocycles. The second-order valence-electron chi connectivity index (χ2n) is 7.83. The van der Waals surface area contributed by atoms with E-state index in [1.807, 2.05) is 0 Å². The number of amides is 2. The molecule has 0 spiro atoms. The lowest BCUT2D eigenvalue weighted by Gasteiger charge is -2.34. The summed E-state index contributed by atoms with van der Waals surface area (Å²) in [4.78, 5) is 27.0. The summed E-state index contributed by atoms with van der Waals surface area (Å²) in [6.45, 7) is 3.43. The topological polar surface area (TPSA) is 79.6 Å². The Balaban J connectivity index is 1.80. The molecule has 0 saturated carbocycles. The zero-order chi connectivity index (χ0) is 20.6. The van der Waals surface area contributed by atoms with E-state index in [4.69, 9.17) is 14.7 Å². The molecule has 0 unspecified atom stereocenters. The van der Waals surface area contributed by atoms with Crippen LogP contribution in [0, 0.1) is 23.2 Å². The van der Waals surface area contributed by atoms with Crippen LogP contribution in [0.3, 0.4) is 0 Å². The third-order valence-corrected chi connectivity index (χ3v) is 6.24. The van der Waals surface area contributed by atoms with Gasteiger partial charge in [0.25, 0.3) is 0 Å². The van der Waals surface area contributed by atoms with Crippen molar-refractivity contribution in [2.24, 2.45) is 11.8 Å². The van der Waals surface area contributed by atoms with Gasteiger partial charge < -0.3 is 9.47 Å². The molecule has 0 aliphatic carbocycles. The van der Waals surface area contributed by atoms with E-state index < -0.39 is 58.3 Å². The van der Waals surface area contributed by atoms with Crippen molar-refractivity contribution in [3.8, 4) is 6.07 Å². The maximum atomic E-state index is 13.3. The molecule has 1 aromatic carbocycles. The van der Waals surface area contributed by atoms with Crippen LogP contribution in [0.1, 0.15) is 31.4 Å². The first-order chi connectivity index (χ1) is 13.0. The van der Waals surface area contributed by atoms with Gasteiger partial charge in [-0.15, -0.1) is 0 Å². The number of methoxy groups -OCH3 is 1. The van der Waals surface area contributed by atoms with E-state index in [0.29, 0.717) is 12.5 Å². The second kappa shape index (κ2) is 5.55. The minimum Gasteiger partial charge on any atom is -0.378 e. The Morgan fingerprint density at radius 2 is 1.89 bits per heavy atom. The Morgan fingerprint density at radius 3 is 2.46 bits per heavy atom. The molecule has 0 aromatic heterocycles. The third kappa shape index (κ3) is 2.22. The summed E-state index contributed by atoms with van der Waals surface area (Å²) in [5.41, 5.74) is -3.92. The maximum absolute atomic E-state index is 13.3. The predicted molar refractivity (Wildman–Crippen MR) is 88.9 cm³/mol. The van der Waals surface area contributed by atoms with Gasteiger partial charge in [0.05, 0.1) is 46.4 Å².